The number of carbonyl (C=O) groups excluding carboxylic acids is 1. The summed E-state index contributed by atoms with van der Waals surface area (Å²) in [4.78, 5) is 10.0. The maximum atomic E-state index is 10.0. The zero-order valence-corrected chi connectivity index (χ0v) is 7.55. The van der Waals surface area contributed by atoms with Crippen LogP contribution in [-0.4, -0.2) is 5.94 Å². The van der Waals surface area contributed by atoms with E-state index in [1.807, 2.05) is 42.5 Å². The molecule has 1 atom stereocenters. The molecule has 0 bridgehead atoms. The zero-order valence-electron chi connectivity index (χ0n) is 7.55. The van der Waals surface area contributed by atoms with Gasteiger partial charge in [-0.2, -0.15) is 5.26 Å². The molecular weight excluding hydrogens is 174 g/mol. The Morgan fingerprint density at radius 3 is 2.57 bits per heavy atom. The fourth-order valence-electron chi connectivity index (χ4n) is 0.988. The molecule has 0 radical (unpaired) electrons. The third kappa shape index (κ3) is 3.10. The average molecular weight is 183 g/mol. The molecule has 0 fully saturated rings. The number of allylic oxidation sites excluding steroid dienone is 2. The van der Waals surface area contributed by atoms with Gasteiger partial charge in [0.05, 0.1) is 12.0 Å². The first-order chi connectivity index (χ1) is 6.86. The largest absolute Gasteiger partial charge is 0.234 e. The van der Waals surface area contributed by atoms with Crippen LogP contribution in [0.3, 0.4) is 0 Å². The first-order valence-corrected chi connectivity index (χ1v) is 4.20. The second kappa shape index (κ2) is 5.53. The minimum absolute atomic E-state index is 0.493. The summed E-state index contributed by atoms with van der Waals surface area (Å²) >= 11 is 0. The van der Waals surface area contributed by atoms with E-state index in [9.17, 15) is 4.79 Å². The summed E-state index contributed by atoms with van der Waals surface area (Å²) in [6, 6.07) is 11.6. The Morgan fingerprint density at radius 2 is 2.00 bits per heavy atom. The molecule has 0 aliphatic carbocycles. The van der Waals surface area contributed by atoms with Crippen LogP contribution < -0.4 is 0 Å². The summed E-state index contributed by atoms with van der Waals surface area (Å²) < 4.78 is 0. The van der Waals surface area contributed by atoms with Gasteiger partial charge in [0, 0.05) is 6.08 Å². The van der Waals surface area contributed by atoms with Gasteiger partial charge in [-0.1, -0.05) is 42.5 Å². The fourth-order valence-corrected chi connectivity index (χ4v) is 0.988. The molecule has 1 unspecified atom stereocenters. The fraction of sp³-hybridized carbons (Fsp3) is 0.0833. The Morgan fingerprint density at radius 1 is 1.29 bits per heavy atom. The molecule has 1 rings (SSSR count). The minimum atomic E-state index is -0.493. The molecule has 0 saturated heterocycles. The van der Waals surface area contributed by atoms with Crippen molar-refractivity contribution in [2.75, 3.05) is 0 Å². The lowest BCUT2D eigenvalue weighted by Gasteiger charge is -1.92. The third-order valence-electron chi connectivity index (χ3n) is 1.69. The van der Waals surface area contributed by atoms with Crippen molar-refractivity contribution in [3.8, 4) is 6.07 Å². The summed E-state index contributed by atoms with van der Waals surface area (Å²) in [6.07, 6.45) is 4.67. The molecule has 68 valence electrons. The second-order valence-corrected chi connectivity index (χ2v) is 2.71. The summed E-state index contributed by atoms with van der Waals surface area (Å²) in [6.45, 7) is 0. The van der Waals surface area contributed by atoms with Crippen molar-refractivity contribution < 1.29 is 4.79 Å². The van der Waals surface area contributed by atoms with Crippen molar-refractivity contribution >= 4 is 12.0 Å². The van der Waals surface area contributed by atoms with Crippen molar-refractivity contribution in [2.45, 2.75) is 0 Å². The number of hydrogen-bond acceptors (Lipinski definition) is 2. The molecule has 0 amide bonds. The van der Waals surface area contributed by atoms with E-state index in [4.69, 9.17) is 5.26 Å². The van der Waals surface area contributed by atoms with E-state index in [0.29, 0.717) is 0 Å². The lowest BCUT2D eigenvalue weighted by Crippen LogP contribution is -1.85. The van der Waals surface area contributed by atoms with E-state index >= 15 is 0 Å². The molecule has 2 nitrogen and oxygen atoms in total. The monoisotopic (exact) mass is 183 g/mol. The molecule has 1 aromatic carbocycles. The van der Waals surface area contributed by atoms with Gasteiger partial charge >= 0.3 is 0 Å². The first-order valence-electron chi connectivity index (χ1n) is 4.20. The molecule has 0 aliphatic rings. The number of nitrogens with zero attached hydrogens (tertiary/aromatic N) is 1. The maximum absolute atomic E-state index is 10.0. The number of rotatable bonds is 3. The highest BCUT2D eigenvalue weighted by atomic mass is 16.1. The van der Waals surface area contributed by atoms with Gasteiger partial charge in [0.25, 0.3) is 0 Å². The van der Waals surface area contributed by atoms with Gasteiger partial charge in [-0.25, -0.2) is 4.79 Å². The molecule has 0 heterocycles. The predicted octanol–water partition coefficient (Wildman–Crippen LogP) is 2.23. The van der Waals surface area contributed by atoms with E-state index < -0.39 is 5.92 Å². The lowest BCUT2D eigenvalue weighted by molar-refractivity contribution is 0.568. The van der Waals surface area contributed by atoms with Gasteiger partial charge in [-0.05, 0) is 5.56 Å². The van der Waals surface area contributed by atoms with Crippen LogP contribution in [0.4, 0.5) is 0 Å². The van der Waals surface area contributed by atoms with E-state index in [1.165, 1.54) is 6.08 Å². The van der Waals surface area contributed by atoms with Gasteiger partial charge in [0.2, 0.25) is 0 Å². The number of benzene rings is 1. The topological polar surface area (TPSA) is 40.9 Å². The van der Waals surface area contributed by atoms with E-state index in [1.54, 1.807) is 12.0 Å². The Labute approximate surface area is 82.8 Å². The molecule has 0 aromatic heterocycles. The van der Waals surface area contributed by atoms with Crippen molar-refractivity contribution in [1.82, 2.24) is 0 Å². The van der Waals surface area contributed by atoms with Crippen molar-refractivity contribution in [2.24, 2.45) is 5.92 Å². The van der Waals surface area contributed by atoms with E-state index in [0.717, 1.165) is 5.56 Å². The Hall–Kier alpha value is -2.10. The lowest BCUT2D eigenvalue weighted by atomic mass is 10.1. The van der Waals surface area contributed by atoms with Crippen molar-refractivity contribution in [3.63, 3.8) is 0 Å². The van der Waals surface area contributed by atoms with Crippen LogP contribution in [0.15, 0.2) is 42.5 Å². The molecule has 0 saturated carbocycles. The highest BCUT2D eigenvalue weighted by molar-refractivity contribution is 5.53. The molecule has 1 aromatic rings. The van der Waals surface area contributed by atoms with Crippen molar-refractivity contribution in [1.29, 1.82) is 5.26 Å². The SMILES string of the molecule is N#CC(C=C=O)/C=C/c1ccccc1. The average Bonchev–Trinajstić information content (AvgIpc) is 2.25. The number of hydrogen-bond donors (Lipinski definition) is 0. The molecule has 2 heteroatoms. The zero-order chi connectivity index (χ0) is 10.2. The van der Waals surface area contributed by atoms with Gasteiger partial charge in [0.15, 0.2) is 0 Å². The maximum Gasteiger partial charge on any atom is 0.121 e. The van der Waals surface area contributed by atoms with Crippen LogP contribution in [-0.2, 0) is 4.79 Å². The predicted molar refractivity (Wildman–Crippen MR) is 54.8 cm³/mol. The summed E-state index contributed by atoms with van der Waals surface area (Å²) in [5.74, 6) is 1.11. The van der Waals surface area contributed by atoms with Gasteiger partial charge in [-0.15, -0.1) is 0 Å². The molecular formula is C12H9NO. The van der Waals surface area contributed by atoms with Gasteiger partial charge in [-0.3, -0.25) is 0 Å². The van der Waals surface area contributed by atoms with Crippen LogP contribution in [0.2, 0.25) is 0 Å². The van der Waals surface area contributed by atoms with Crippen LogP contribution >= 0.6 is 0 Å². The van der Waals surface area contributed by atoms with E-state index in [-0.39, 0.29) is 0 Å². The van der Waals surface area contributed by atoms with Gasteiger partial charge in [0.1, 0.15) is 5.94 Å². The van der Waals surface area contributed by atoms with Crippen LogP contribution in [0.1, 0.15) is 5.56 Å². The Kier molecular flexibility index (Phi) is 3.94. The summed E-state index contributed by atoms with van der Waals surface area (Å²) in [5, 5.41) is 8.62. The molecule has 0 aliphatic heterocycles. The standard InChI is InChI=1S/C12H9NO/c13-10-12(8-9-14)7-6-11-4-2-1-3-5-11/h1-8,12H/b7-6+. The normalized spacial score (nSPS) is 11.6. The highest BCUT2D eigenvalue weighted by Gasteiger charge is 1.95. The summed E-state index contributed by atoms with van der Waals surface area (Å²) in [7, 11) is 0. The highest BCUT2D eigenvalue weighted by Crippen LogP contribution is 2.05. The Balaban J connectivity index is 2.73. The molecule has 0 spiro atoms. The minimum Gasteiger partial charge on any atom is -0.234 e. The molecule has 14 heavy (non-hydrogen) atoms. The molecule has 0 N–H and O–H groups in total. The van der Waals surface area contributed by atoms with Crippen LogP contribution in [0, 0.1) is 17.2 Å². The first kappa shape index (κ1) is 9.98. The Bertz CT molecular complexity index is 394. The third-order valence-corrected chi connectivity index (χ3v) is 1.69. The van der Waals surface area contributed by atoms with Crippen LogP contribution in [0.25, 0.3) is 6.08 Å². The van der Waals surface area contributed by atoms with Crippen LogP contribution in [0.5, 0.6) is 0 Å². The van der Waals surface area contributed by atoms with Gasteiger partial charge < -0.3 is 0 Å². The second-order valence-electron chi connectivity index (χ2n) is 2.71. The number of nitriles is 1. The van der Waals surface area contributed by atoms with E-state index in [2.05, 4.69) is 0 Å². The quantitative estimate of drug-likeness (QED) is 0.674. The van der Waals surface area contributed by atoms with Crippen molar-refractivity contribution in [3.05, 3.63) is 48.0 Å². The summed E-state index contributed by atoms with van der Waals surface area (Å²) in [5.41, 5.74) is 1.01. The smallest absolute Gasteiger partial charge is 0.121 e.